The van der Waals surface area contributed by atoms with Crippen molar-refractivity contribution < 1.29 is 14.4 Å². The molecule has 0 heterocycles. The van der Waals surface area contributed by atoms with Gasteiger partial charge in [0.1, 0.15) is 0 Å². The summed E-state index contributed by atoms with van der Waals surface area (Å²) >= 11 is 0. The zero-order chi connectivity index (χ0) is 25.4. The largest absolute Gasteiger partial charge is 0.294 e. The molecular formula is C32H38O3. The number of aryl methyl sites for hydroxylation is 2. The number of carbonyl (C=O) groups excluding carboxylic acids is 3. The van der Waals surface area contributed by atoms with Crippen molar-refractivity contribution in [3.05, 3.63) is 75.9 Å². The Morgan fingerprint density at radius 3 is 2.29 bits per heavy atom. The van der Waals surface area contributed by atoms with Gasteiger partial charge >= 0.3 is 0 Å². The van der Waals surface area contributed by atoms with Crippen LogP contribution in [-0.4, -0.2) is 17.3 Å². The molecule has 0 amide bonds. The van der Waals surface area contributed by atoms with E-state index in [1.807, 2.05) is 25.1 Å². The average molecular weight is 471 g/mol. The van der Waals surface area contributed by atoms with Gasteiger partial charge in [0.25, 0.3) is 0 Å². The standard InChI is InChI=1S/C32H38O3/c1-18(2)30(33)32(35)26-12-11-24-13-21(5)28(17-29(24)26)31(34)27-15-20(4)25(14-22(27)6)16-23-9-7-19(3)8-10-23/h7-10,12-13,17-18,20,22,25,27H,11,14-16H2,1-6H3. The first kappa shape index (κ1) is 25.3. The van der Waals surface area contributed by atoms with Crippen molar-refractivity contribution in [3.8, 4) is 0 Å². The number of Topliss-reactive ketones (excluding diaryl/α,β-unsaturated/α-hetero) is 3. The van der Waals surface area contributed by atoms with Gasteiger partial charge in [-0.05, 0) is 85.6 Å². The summed E-state index contributed by atoms with van der Waals surface area (Å²) in [5.74, 6) is 0.387. The Morgan fingerprint density at radius 1 is 0.943 bits per heavy atom. The third-order valence-electron chi connectivity index (χ3n) is 8.27. The molecule has 0 aliphatic heterocycles. The molecule has 0 radical (unpaired) electrons. The molecule has 2 aliphatic carbocycles. The van der Waals surface area contributed by atoms with E-state index in [1.165, 1.54) is 11.1 Å². The molecular weight excluding hydrogens is 432 g/mol. The fraction of sp³-hybridized carbons (Fsp3) is 0.469. The SMILES string of the molecule is Cc1ccc(CC2CC(C)C(C(=O)c3cc4c(cc3C)CC=C4C(=O)C(=O)C(C)C)CC2C)cc1. The van der Waals surface area contributed by atoms with Crippen LogP contribution in [0.25, 0.3) is 5.57 Å². The van der Waals surface area contributed by atoms with Gasteiger partial charge in [-0.15, -0.1) is 0 Å². The summed E-state index contributed by atoms with van der Waals surface area (Å²) < 4.78 is 0. The maximum atomic E-state index is 13.8. The first-order valence-electron chi connectivity index (χ1n) is 13.1. The van der Waals surface area contributed by atoms with Crippen LogP contribution in [0.1, 0.15) is 78.7 Å². The maximum Gasteiger partial charge on any atom is 0.229 e. The molecule has 0 bridgehead atoms. The van der Waals surface area contributed by atoms with E-state index in [0.717, 1.165) is 36.0 Å². The van der Waals surface area contributed by atoms with Crippen molar-refractivity contribution >= 4 is 22.9 Å². The smallest absolute Gasteiger partial charge is 0.229 e. The molecule has 0 spiro atoms. The van der Waals surface area contributed by atoms with Crippen LogP contribution < -0.4 is 0 Å². The summed E-state index contributed by atoms with van der Waals surface area (Å²) in [4.78, 5) is 39.0. The molecule has 2 aromatic carbocycles. The van der Waals surface area contributed by atoms with Crippen LogP contribution in [0, 0.1) is 43.4 Å². The summed E-state index contributed by atoms with van der Waals surface area (Å²) in [7, 11) is 0. The molecule has 35 heavy (non-hydrogen) atoms. The van der Waals surface area contributed by atoms with Crippen LogP contribution in [0.15, 0.2) is 42.5 Å². The van der Waals surface area contributed by atoms with Crippen LogP contribution in [-0.2, 0) is 22.4 Å². The zero-order valence-corrected chi connectivity index (χ0v) is 22.0. The van der Waals surface area contributed by atoms with Gasteiger partial charge in [-0.2, -0.15) is 0 Å². The lowest BCUT2D eigenvalue weighted by molar-refractivity contribution is -0.135. The molecule has 184 valence electrons. The number of ketones is 3. The Hall–Kier alpha value is -2.81. The topological polar surface area (TPSA) is 51.2 Å². The monoisotopic (exact) mass is 470 g/mol. The lowest BCUT2D eigenvalue weighted by atomic mass is 9.65. The van der Waals surface area contributed by atoms with Gasteiger partial charge in [-0.3, -0.25) is 14.4 Å². The van der Waals surface area contributed by atoms with Crippen molar-refractivity contribution in [1.82, 2.24) is 0 Å². The summed E-state index contributed by atoms with van der Waals surface area (Å²) in [5.41, 5.74) is 6.60. The first-order valence-corrected chi connectivity index (χ1v) is 13.1. The number of hydrogen-bond donors (Lipinski definition) is 0. The van der Waals surface area contributed by atoms with Crippen LogP contribution in [0.3, 0.4) is 0 Å². The van der Waals surface area contributed by atoms with Crippen LogP contribution in [0.2, 0.25) is 0 Å². The van der Waals surface area contributed by atoms with Gasteiger partial charge < -0.3 is 0 Å². The normalized spacial score (nSPS) is 23.7. The summed E-state index contributed by atoms with van der Waals surface area (Å²) in [6.07, 6.45) is 5.48. The van der Waals surface area contributed by atoms with Crippen molar-refractivity contribution in [2.75, 3.05) is 0 Å². The van der Waals surface area contributed by atoms with E-state index in [4.69, 9.17) is 0 Å². The minimum absolute atomic E-state index is 0.0159. The maximum absolute atomic E-state index is 13.8. The predicted molar refractivity (Wildman–Crippen MR) is 141 cm³/mol. The second-order valence-electron chi connectivity index (χ2n) is 11.3. The second-order valence-corrected chi connectivity index (χ2v) is 11.3. The third-order valence-corrected chi connectivity index (χ3v) is 8.27. The minimum atomic E-state index is -0.431. The van der Waals surface area contributed by atoms with Gasteiger partial charge in [0.05, 0.1) is 0 Å². The Bertz CT molecular complexity index is 1180. The summed E-state index contributed by atoms with van der Waals surface area (Å²) in [5, 5.41) is 0. The lowest BCUT2D eigenvalue weighted by Crippen LogP contribution is -2.35. The molecule has 1 saturated carbocycles. The Labute approximate surface area is 210 Å². The third kappa shape index (κ3) is 5.10. The van der Waals surface area contributed by atoms with Crippen molar-refractivity contribution in [1.29, 1.82) is 0 Å². The van der Waals surface area contributed by atoms with E-state index in [1.54, 1.807) is 13.8 Å². The van der Waals surface area contributed by atoms with Gasteiger partial charge in [-0.1, -0.05) is 69.7 Å². The molecule has 0 N–H and O–H groups in total. The van der Waals surface area contributed by atoms with Gasteiger partial charge in [0, 0.05) is 23.0 Å². The van der Waals surface area contributed by atoms with Gasteiger partial charge in [0.2, 0.25) is 11.6 Å². The second kappa shape index (κ2) is 10.0. The predicted octanol–water partition coefficient (Wildman–Crippen LogP) is 6.76. The molecule has 3 nitrogen and oxygen atoms in total. The molecule has 4 atom stereocenters. The molecule has 1 fully saturated rings. The minimum Gasteiger partial charge on any atom is -0.294 e. The highest BCUT2D eigenvalue weighted by Gasteiger charge is 2.38. The van der Waals surface area contributed by atoms with Crippen LogP contribution in [0.5, 0.6) is 0 Å². The Balaban J connectivity index is 1.53. The van der Waals surface area contributed by atoms with Crippen molar-refractivity contribution in [3.63, 3.8) is 0 Å². The Kier molecular flexibility index (Phi) is 7.26. The molecule has 4 rings (SSSR count). The number of hydrogen-bond acceptors (Lipinski definition) is 3. The lowest BCUT2D eigenvalue weighted by Gasteiger charge is -2.38. The first-order chi connectivity index (χ1) is 16.6. The molecule has 3 heteroatoms. The van der Waals surface area contributed by atoms with Crippen LogP contribution >= 0.6 is 0 Å². The number of fused-ring (bicyclic) bond motifs is 1. The van der Waals surface area contributed by atoms with Gasteiger partial charge in [0.15, 0.2) is 5.78 Å². The number of allylic oxidation sites excluding steroid dienone is 2. The van der Waals surface area contributed by atoms with Crippen LogP contribution in [0.4, 0.5) is 0 Å². The number of benzene rings is 2. The van der Waals surface area contributed by atoms with E-state index < -0.39 is 5.78 Å². The number of rotatable bonds is 7. The molecule has 2 aliphatic rings. The Morgan fingerprint density at radius 2 is 1.63 bits per heavy atom. The molecule has 4 unspecified atom stereocenters. The number of carbonyl (C=O) groups is 3. The van der Waals surface area contributed by atoms with E-state index in [2.05, 4.69) is 45.0 Å². The highest BCUT2D eigenvalue weighted by molar-refractivity contribution is 6.54. The average Bonchev–Trinajstić information content (AvgIpc) is 3.23. The zero-order valence-electron chi connectivity index (χ0n) is 22.0. The van der Waals surface area contributed by atoms with E-state index >= 15 is 0 Å². The van der Waals surface area contributed by atoms with E-state index in [0.29, 0.717) is 35.3 Å². The molecule has 0 aromatic heterocycles. The highest BCUT2D eigenvalue weighted by Crippen LogP contribution is 2.42. The highest BCUT2D eigenvalue weighted by atomic mass is 16.2. The summed E-state index contributed by atoms with van der Waals surface area (Å²) in [6.45, 7) is 12.1. The fourth-order valence-corrected chi connectivity index (χ4v) is 5.96. The van der Waals surface area contributed by atoms with Crippen molar-refractivity contribution in [2.45, 2.75) is 67.2 Å². The van der Waals surface area contributed by atoms with E-state index in [-0.39, 0.29) is 23.4 Å². The summed E-state index contributed by atoms with van der Waals surface area (Å²) in [6, 6.07) is 12.8. The fourth-order valence-electron chi connectivity index (χ4n) is 5.96. The molecule has 0 saturated heterocycles. The van der Waals surface area contributed by atoms with Crippen molar-refractivity contribution in [2.24, 2.45) is 29.6 Å². The molecule has 2 aromatic rings. The van der Waals surface area contributed by atoms with E-state index in [9.17, 15) is 14.4 Å². The quantitative estimate of drug-likeness (QED) is 0.332. The van der Waals surface area contributed by atoms with Gasteiger partial charge in [-0.25, -0.2) is 0 Å².